The fraction of sp³-hybridized carbons (Fsp3) is 0.500. The van der Waals surface area contributed by atoms with Gasteiger partial charge >= 0.3 is 12.2 Å². The molecule has 6 heteroatoms. The van der Waals surface area contributed by atoms with Crippen LogP contribution in [-0.2, 0) is 6.18 Å². The van der Waals surface area contributed by atoms with Crippen LogP contribution in [0.25, 0.3) is 0 Å². The summed E-state index contributed by atoms with van der Waals surface area (Å²) in [5.74, 6) is 0.616. The van der Waals surface area contributed by atoms with Crippen molar-refractivity contribution in [3.8, 4) is 0 Å². The molecular formula is C14H17F3N2O. The van der Waals surface area contributed by atoms with Gasteiger partial charge in [-0.25, -0.2) is 4.79 Å². The molecule has 0 unspecified atom stereocenters. The van der Waals surface area contributed by atoms with Crippen molar-refractivity contribution < 1.29 is 18.0 Å². The van der Waals surface area contributed by atoms with Crippen molar-refractivity contribution in [1.82, 2.24) is 4.90 Å². The summed E-state index contributed by atoms with van der Waals surface area (Å²) in [5, 5.41) is 2.62. The maximum atomic E-state index is 12.4. The van der Waals surface area contributed by atoms with Crippen molar-refractivity contribution >= 4 is 11.7 Å². The molecule has 3 nitrogen and oxygen atoms in total. The van der Waals surface area contributed by atoms with Gasteiger partial charge in [-0.2, -0.15) is 13.2 Å². The smallest absolute Gasteiger partial charge is 0.325 e. The molecule has 0 aromatic heterocycles. The standard InChI is InChI=1S/C14H17F3N2O/c1-10-6-8-19(9-7-10)13(20)18-12-4-2-11(3-5-12)14(15,16)17/h2-5,10H,6-9H2,1H3,(H,18,20). The number of hydrogen-bond donors (Lipinski definition) is 1. The molecule has 0 spiro atoms. The summed E-state index contributed by atoms with van der Waals surface area (Å²) in [7, 11) is 0. The van der Waals surface area contributed by atoms with Crippen molar-refractivity contribution in [3.05, 3.63) is 29.8 Å². The average Bonchev–Trinajstić information content (AvgIpc) is 2.39. The number of hydrogen-bond acceptors (Lipinski definition) is 1. The lowest BCUT2D eigenvalue weighted by molar-refractivity contribution is -0.137. The highest BCUT2D eigenvalue weighted by Crippen LogP contribution is 2.29. The number of anilines is 1. The lowest BCUT2D eigenvalue weighted by Crippen LogP contribution is -2.40. The minimum atomic E-state index is -4.36. The van der Waals surface area contributed by atoms with Gasteiger partial charge in [0.15, 0.2) is 0 Å². The Morgan fingerprint density at radius 1 is 1.20 bits per heavy atom. The number of carbonyl (C=O) groups excluding carboxylic acids is 1. The van der Waals surface area contributed by atoms with Gasteiger partial charge in [-0.3, -0.25) is 0 Å². The van der Waals surface area contributed by atoms with Gasteiger partial charge in [0.2, 0.25) is 0 Å². The molecule has 1 aliphatic rings. The summed E-state index contributed by atoms with van der Waals surface area (Å²) in [6.07, 6.45) is -2.44. The van der Waals surface area contributed by atoms with E-state index >= 15 is 0 Å². The highest BCUT2D eigenvalue weighted by Gasteiger charge is 2.30. The van der Waals surface area contributed by atoms with E-state index < -0.39 is 11.7 Å². The zero-order valence-electron chi connectivity index (χ0n) is 11.2. The van der Waals surface area contributed by atoms with Crippen molar-refractivity contribution in [2.45, 2.75) is 25.9 Å². The first-order chi connectivity index (χ1) is 9.36. The molecule has 1 aliphatic heterocycles. The molecule has 1 N–H and O–H groups in total. The largest absolute Gasteiger partial charge is 0.416 e. The van der Waals surface area contributed by atoms with Gasteiger partial charge in [0.1, 0.15) is 0 Å². The Morgan fingerprint density at radius 2 is 1.75 bits per heavy atom. The SMILES string of the molecule is CC1CCN(C(=O)Nc2ccc(C(F)(F)F)cc2)CC1. The first-order valence-electron chi connectivity index (χ1n) is 6.59. The number of urea groups is 1. The molecule has 1 heterocycles. The number of halogens is 3. The van der Waals surface area contributed by atoms with Crippen LogP contribution in [0, 0.1) is 5.92 Å². The first kappa shape index (κ1) is 14.7. The maximum absolute atomic E-state index is 12.4. The Kier molecular flexibility index (Phi) is 4.20. The molecule has 0 saturated carbocycles. The average molecular weight is 286 g/mol. The summed E-state index contributed by atoms with van der Waals surface area (Å²) >= 11 is 0. The summed E-state index contributed by atoms with van der Waals surface area (Å²) in [4.78, 5) is 13.6. The monoisotopic (exact) mass is 286 g/mol. The van der Waals surface area contributed by atoms with E-state index in [1.807, 2.05) is 0 Å². The Morgan fingerprint density at radius 3 is 2.25 bits per heavy atom. The Labute approximate surface area is 115 Å². The third-order valence-corrected chi connectivity index (χ3v) is 3.53. The number of nitrogens with one attached hydrogen (secondary N) is 1. The van der Waals surface area contributed by atoms with E-state index in [9.17, 15) is 18.0 Å². The van der Waals surface area contributed by atoms with E-state index in [1.165, 1.54) is 12.1 Å². The molecule has 0 radical (unpaired) electrons. The predicted octanol–water partition coefficient (Wildman–Crippen LogP) is 3.97. The molecular weight excluding hydrogens is 269 g/mol. The van der Waals surface area contributed by atoms with Gasteiger partial charge in [-0.1, -0.05) is 6.92 Å². The second-order valence-electron chi connectivity index (χ2n) is 5.17. The minimum Gasteiger partial charge on any atom is -0.325 e. The molecule has 1 fully saturated rings. The minimum absolute atomic E-state index is 0.253. The van der Waals surface area contributed by atoms with E-state index in [-0.39, 0.29) is 6.03 Å². The van der Waals surface area contributed by atoms with E-state index in [1.54, 1.807) is 4.90 Å². The molecule has 0 atom stereocenters. The molecule has 0 aliphatic carbocycles. The van der Waals surface area contributed by atoms with Gasteiger partial charge in [0.05, 0.1) is 5.56 Å². The topological polar surface area (TPSA) is 32.3 Å². The third-order valence-electron chi connectivity index (χ3n) is 3.53. The lowest BCUT2D eigenvalue weighted by Gasteiger charge is -2.30. The van der Waals surface area contributed by atoms with Crippen molar-refractivity contribution in [2.75, 3.05) is 18.4 Å². The normalized spacial score (nSPS) is 17.1. The van der Waals surface area contributed by atoms with Crippen LogP contribution < -0.4 is 5.32 Å². The number of amides is 2. The Hall–Kier alpha value is -1.72. The third kappa shape index (κ3) is 3.65. The molecule has 0 bridgehead atoms. The Balaban J connectivity index is 1.94. The number of alkyl halides is 3. The number of nitrogens with zero attached hydrogens (tertiary/aromatic N) is 1. The number of rotatable bonds is 1. The predicted molar refractivity (Wildman–Crippen MR) is 70.4 cm³/mol. The van der Waals surface area contributed by atoms with Crippen LogP contribution in [0.1, 0.15) is 25.3 Å². The summed E-state index contributed by atoms with van der Waals surface area (Å²) < 4.78 is 37.2. The number of piperidine rings is 1. The number of likely N-dealkylation sites (tertiary alicyclic amines) is 1. The lowest BCUT2D eigenvalue weighted by atomic mass is 10.00. The highest BCUT2D eigenvalue weighted by atomic mass is 19.4. The van der Waals surface area contributed by atoms with E-state index in [0.717, 1.165) is 25.0 Å². The molecule has 110 valence electrons. The summed E-state index contributed by atoms with van der Waals surface area (Å²) in [5.41, 5.74) is -0.344. The molecule has 2 amide bonds. The zero-order chi connectivity index (χ0) is 14.8. The molecule has 1 aromatic carbocycles. The van der Waals surface area contributed by atoms with Gasteiger partial charge in [-0.05, 0) is 43.0 Å². The quantitative estimate of drug-likeness (QED) is 0.832. The summed E-state index contributed by atoms with van der Waals surface area (Å²) in [6.45, 7) is 3.52. The second kappa shape index (κ2) is 5.73. The van der Waals surface area contributed by atoms with Gasteiger partial charge in [0.25, 0.3) is 0 Å². The van der Waals surface area contributed by atoms with Crippen LogP contribution in [0.5, 0.6) is 0 Å². The molecule has 2 rings (SSSR count). The molecule has 20 heavy (non-hydrogen) atoms. The van der Waals surface area contributed by atoms with Crippen LogP contribution in [-0.4, -0.2) is 24.0 Å². The maximum Gasteiger partial charge on any atom is 0.416 e. The van der Waals surface area contributed by atoms with Gasteiger partial charge in [-0.15, -0.1) is 0 Å². The van der Waals surface area contributed by atoms with Crippen molar-refractivity contribution in [1.29, 1.82) is 0 Å². The number of benzene rings is 1. The fourth-order valence-corrected chi connectivity index (χ4v) is 2.16. The van der Waals surface area contributed by atoms with E-state index in [0.29, 0.717) is 24.7 Å². The Bertz CT molecular complexity index is 462. The van der Waals surface area contributed by atoms with Crippen LogP contribution in [0.4, 0.5) is 23.7 Å². The van der Waals surface area contributed by atoms with E-state index in [4.69, 9.17) is 0 Å². The van der Waals surface area contributed by atoms with Crippen LogP contribution in [0.2, 0.25) is 0 Å². The van der Waals surface area contributed by atoms with E-state index in [2.05, 4.69) is 12.2 Å². The van der Waals surface area contributed by atoms with Crippen LogP contribution >= 0.6 is 0 Å². The molecule has 1 aromatic rings. The van der Waals surface area contributed by atoms with Crippen molar-refractivity contribution in [3.63, 3.8) is 0 Å². The number of carbonyl (C=O) groups is 1. The summed E-state index contributed by atoms with van der Waals surface area (Å²) in [6, 6.07) is 4.22. The molecule has 1 saturated heterocycles. The van der Waals surface area contributed by atoms with Gasteiger partial charge in [0, 0.05) is 18.8 Å². The van der Waals surface area contributed by atoms with Crippen LogP contribution in [0.3, 0.4) is 0 Å². The highest BCUT2D eigenvalue weighted by molar-refractivity contribution is 5.89. The first-order valence-corrected chi connectivity index (χ1v) is 6.59. The van der Waals surface area contributed by atoms with Crippen LogP contribution in [0.15, 0.2) is 24.3 Å². The van der Waals surface area contributed by atoms with Gasteiger partial charge < -0.3 is 10.2 Å². The zero-order valence-corrected chi connectivity index (χ0v) is 11.2. The van der Waals surface area contributed by atoms with Crippen molar-refractivity contribution in [2.24, 2.45) is 5.92 Å². The fourth-order valence-electron chi connectivity index (χ4n) is 2.16. The second-order valence-corrected chi connectivity index (χ2v) is 5.17.